The Morgan fingerprint density at radius 3 is 2.56 bits per heavy atom. The monoisotopic (exact) mass is 457 g/mol. The molecule has 170 valence electrons. The standard InChI is InChI=1S/C24H28ClN3O4/c25-20-8-2-3-9-21(20)26-23(29)16-27-11-13-28(14-12-27)24(30)19-7-1-4-10-22(19)32-17-18-6-5-15-31-18/h1-4,7-10,18H,5-6,11-17H2,(H,26,29)/t18-/m0/s1. The second-order valence-electron chi connectivity index (χ2n) is 8.04. The highest BCUT2D eigenvalue weighted by atomic mass is 35.5. The van der Waals surface area contributed by atoms with Crippen molar-refractivity contribution in [3.05, 3.63) is 59.1 Å². The number of hydrogen-bond donors (Lipinski definition) is 1. The lowest BCUT2D eigenvalue weighted by molar-refractivity contribution is -0.117. The molecule has 0 saturated carbocycles. The summed E-state index contributed by atoms with van der Waals surface area (Å²) in [4.78, 5) is 29.4. The Hall–Kier alpha value is -2.61. The highest BCUT2D eigenvalue weighted by Crippen LogP contribution is 2.23. The zero-order valence-corrected chi connectivity index (χ0v) is 18.7. The largest absolute Gasteiger partial charge is 0.490 e. The SMILES string of the molecule is O=C(CN1CCN(C(=O)c2ccccc2OC[C@@H]2CCCO2)CC1)Nc1ccccc1Cl. The second-order valence-corrected chi connectivity index (χ2v) is 8.45. The van der Waals surface area contributed by atoms with Crippen molar-refractivity contribution in [1.82, 2.24) is 9.80 Å². The summed E-state index contributed by atoms with van der Waals surface area (Å²) in [5.74, 6) is 0.424. The van der Waals surface area contributed by atoms with Gasteiger partial charge in [0.05, 0.1) is 28.9 Å². The molecule has 0 spiro atoms. The maximum absolute atomic E-state index is 13.1. The molecular weight excluding hydrogens is 430 g/mol. The molecule has 1 N–H and O–H groups in total. The summed E-state index contributed by atoms with van der Waals surface area (Å²) >= 11 is 6.11. The van der Waals surface area contributed by atoms with Gasteiger partial charge in [-0.25, -0.2) is 0 Å². The smallest absolute Gasteiger partial charge is 0.257 e. The summed E-state index contributed by atoms with van der Waals surface area (Å²) in [6, 6.07) is 14.5. The number of nitrogens with zero attached hydrogens (tertiary/aromatic N) is 2. The molecule has 2 heterocycles. The van der Waals surface area contributed by atoms with Crippen LogP contribution in [0, 0.1) is 0 Å². The van der Waals surface area contributed by atoms with Gasteiger partial charge in [-0.05, 0) is 37.1 Å². The minimum Gasteiger partial charge on any atom is -0.490 e. The first-order chi connectivity index (χ1) is 15.6. The molecule has 7 nitrogen and oxygen atoms in total. The topological polar surface area (TPSA) is 71.1 Å². The van der Waals surface area contributed by atoms with E-state index in [1.54, 1.807) is 18.2 Å². The zero-order chi connectivity index (χ0) is 22.3. The molecule has 32 heavy (non-hydrogen) atoms. The van der Waals surface area contributed by atoms with Gasteiger partial charge in [0.2, 0.25) is 5.91 Å². The minimum absolute atomic E-state index is 0.0480. The normalized spacial score (nSPS) is 19.0. The summed E-state index contributed by atoms with van der Waals surface area (Å²) in [5, 5.41) is 3.35. The van der Waals surface area contributed by atoms with E-state index in [4.69, 9.17) is 21.1 Å². The third kappa shape index (κ3) is 5.79. The van der Waals surface area contributed by atoms with Crippen LogP contribution in [-0.2, 0) is 9.53 Å². The number of amides is 2. The fraction of sp³-hybridized carbons (Fsp3) is 0.417. The van der Waals surface area contributed by atoms with Gasteiger partial charge >= 0.3 is 0 Å². The van der Waals surface area contributed by atoms with E-state index in [0.717, 1.165) is 19.4 Å². The number of halogens is 1. The van der Waals surface area contributed by atoms with Crippen molar-refractivity contribution in [3.8, 4) is 5.75 Å². The van der Waals surface area contributed by atoms with Crippen LogP contribution in [0.2, 0.25) is 5.02 Å². The number of para-hydroxylation sites is 2. The summed E-state index contributed by atoms with van der Waals surface area (Å²) in [5.41, 5.74) is 1.17. The van der Waals surface area contributed by atoms with Gasteiger partial charge in [0.25, 0.3) is 5.91 Å². The second kappa shape index (κ2) is 10.8. The van der Waals surface area contributed by atoms with Crippen LogP contribution >= 0.6 is 11.6 Å². The molecule has 2 saturated heterocycles. The van der Waals surface area contributed by atoms with Crippen LogP contribution in [0.5, 0.6) is 5.75 Å². The van der Waals surface area contributed by atoms with E-state index in [0.29, 0.717) is 54.8 Å². The van der Waals surface area contributed by atoms with Gasteiger partial charge in [-0.15, -0.1) is 0 Å². The van der Waals surface area contributed by atoms with Crippen molar-refractivity contribution in [3.63, 3.8) is 0 Å². The molecule has 0 aliphatic carbocycles. The maximum atomic E-state index is 13.1. The first-order valence-corrected chi connectivity index (χ1v) is 11.4. The number of benzene rings is 2. The maximum Gasteiger partial charge on any atom is 0.257 e. The number of carbonyl (C=O) groups excluding carboxylic acids is 2. The van der Waals surface area contributed by atoms with Gasteiger partial charge in [0, 0.05) is 32.8 Å². The first-order valence-electron chi connectivity index (χ1n) is 11.0. The number of piperazine rings is 1. The molecule has 4 rings (SSSR count). The van der Waals surface area contributed by atoms with Crippen LogP contribution < -0.4 is 10.1 Å². The summed E-state index contributed by atoms with van der Waals surface area (Å²) in [7, 11) is 0. The summed E-state index contributed by atoms with van der Waals surface area (Å²) in [6.45, 7) is 3.85. The summed E-state index contributed by atoms with van der Waals surface area (Å²) < 4.78 is 11.5. The van der Waals surface area contributed by atoms with Crippen molar-refractivity contribution in [2.75, 3.05) is 51.3 Å². The summed E-state index contributed by atoms with van der Waals surface area (Å²) in [6.07, 6.45) is 2.14. The van der Waals surface area contributed by atoms with Gasteiger partial charge in [0.1, 0.15) is 12.4 Å². The fourth-order valence-electron chi connectivity index (χ4n) is 3.96. The molecule has 2 aromatic rings. The quantitative estimate of drug-likeness (QED) is 0.690. The Kier molecular flexibility index (Phi) is 7.63. The number of rotatable bonds is 7. The molecule has 8 heteroatoms. The zero-order valence-electron chi connectivity index (χ0n) is 18.0. The Labute approximate surface area is 193 Å². The lowest BCUT2D eigenvalue weighted by atomic mass is 10.1. The molecule has 0 bridgehead atoms. The van der Waals surface area contributed by atoms with E-state index in [2.05, 4.69) is 5.32 Å². The molecule has 0 radical (unpaired) electrons. The highest BCUT2D eigenvalue weighted by Gasteiger charge is 2.26. The third-order valence-electron chi connectivity index (χ3n) is 5.74. The van der Waals surface area contributed by atoms with Gasteiger partial charge in [-0.2, -0.15) is 0 Å². The minimum atomic E-state index is -0.120. The Morgan fingerprint density at radius 1 is 1.06 bits per heavy atom. The Balaban J connectivity index is 1.28. The highest BCUT2D eigenvalue weighted by molar-refractivity contribution is 6.33. The molecule has 0 aromatic heterocycles. The molecule has 2 aromatic carbocycles. The van der Waals surface area contributed by atoms with Gasteiger partial charge < -0.3 is 19.7 Å². The molecule has 2 fully saturated rings. The van der Waals surface area contributed by atoms with Crippen molar-refractivity contribution in [1.29, 1.82) is 0 Å². The average Bonchev–Trinajstić information content (AvgIpc) is 3.33. The Morgan fingerprint density at radius 2 is 1.81 bits per heavy atom. The molecule has 0 unspecified atom stereocenters. The predicted octanol–water partition coefficient (Wildman–Crippen LogP) is 3.29. The average molecular weight is 458 g/mol. The Bertz CT molecular complexity index is 940. The van der Waals surface area contributed by atoms with Crippen molar-refractivity contribution < 1.29 is 19.1 Å². The first kappa shape index (κ1) is 22.6. The van der Waals surface area contributed by atoms with E-state index in [1.165, 1.54) is 0 Å². The number of nitrogens with one attached hydrogen (secondary N) is 1. The molecule has 2 aliphatic rings. The van der Waals surface area contributed by atoms with Crippen molar-refractivity contribution in [2.24, 2.45) is 0 Å². The predicted molar refractivity (Wildman–Crippen MR) is 123 cm³/mol. The van der Waals surface area contributed by atoms with E-state index in [9.17, 15) is 9.59 Å². The van der Waals surface area contributed by atoms with Gasteiger partial charge in [-0.3, -0.25) is 14.5 Å². The van der Waals surface area contributed by atoms with Crippen LogP contribution in [0.15, 0.2) is 48.5 Å². The molecule has 1 atom stereocenters. The van der Waals surface area contributed by atoms with E-state index < -0.39 is 0 Å². The number of ether oxygens (including phenoxy) is 2. The van der Waals surface area contributed by atoms with Crippen LogP contribution in [0.1, 0.15) is 23.2 Å². The lowest BCUT2D eigenvalue weighted by Gasteiger charge is -2.34. The molecule has 2 aliphatic heterocycles. The van der Waals surface area contributed by atoms with E-state index >= 15 is 0 Å². The number of hydrogen-bond acceptors (Lipinski definition) is 5. The van der Waals surface area contributed by atoms with E-state index in [1.807, 2.05) is 40.1 Å². The van der Waals surface area contributed by atoms with Crippen LogP contribution in [0.25, 0.3) is 0 Å². The van der Waals surface area contributed by atoms with Crippen LogP contribution in [0.4, 0.5) is 5.69 Å². The molecule has 2 amide bonds. The van der Waals surface area contributed by atoms with Gasteiger partial charge in [0.15, 0.2) is 0 Å². The lowest BCUT2D eigenvalue weighted by Crippen LogP contribution is -2.50. The van der Waals surface area contributed by atoms with Crippen LogP contribution in [-0.4, -0.2) is 73.7 Å². The van der Waals surface area contributed by atoms with Crippen molar-refractivity contribution in [2.45, 2.75) is 18.9 Å². The van der Waals surface area contributed by atoms with Gasteiger partial charge in [-0.1, -0.05) is 35.9 Å². The van der Waals surface area contributed by atoms with Crippen LogP contribution in [0.3, 0.4) is 0 Å². The van der Waals surface area contributed by atoms with Crippen molar-refractivity contribution >= 4 is 29.1 Å². The molecular formula is C24H28ClN3O4. The number of carbonyl (C=O) groups is 2. The van der Waals surface area contributed by atoms with E-state index in [-0.39, 0.29) is 24.5 Å². The fourth-order valence-corrected chi connectivity index (χ4v) is 4.15. The number of anilines is 1. The third-order valence-corrected chi connectivity index (χ3v) is 6.07.